The van der Waals surface area contributed by atoms with Crippen molar-refractivity contribution in [2.75, 3.05) is 0 Å². The van der Waals surface area contributed by atoms with Gasteiger partial charge in [0.05, 0.1) is 11.6 Å². The van der Waals surface area contributed by atoms with Crippen LogP contribution >= 0.6 is 0 Å². The molecule has 1 amide bonds. The number of benzene rings is 1. The number of aromatic nitrogens is 2. The van der Waals surface area contributed by atoms with Crippen molar-refractivity contribution in [2.24, 2.45) is 0 Å². The Hall–Kier alpha value is -2.17. The highest BCUT2D eigenvalue weighted by Gasteiger charge is 2.15. The Bertz CT molecular complexity index is 510. The fraction of sp³-hybridized carbons (Fsp3) is 0.167. The van der Waals surface area contributed by atoms with Crippen LogP contribution in [0.1, 0.15) is 29.1 Å². The summed E-state index contributed by atoms with van der Waals surface area (Å²) >= 11 is 0. The number of halogens is 1. The van der Waals surface area contributed by atoms with Crippen molar-refractivity contribution in [1.82, 2.24) is 15.3 Å². The summed E-state index contributed by atoms with van der Waals surface area (Å²) in [7, 11) is 0. The van der Waals surface area contributed by atoms with Gasteiger partial charge in [-0.25, -0.2) is 9.37 Å². The van der Waals surface area contributed by atoms with Gasteiger partial charge in [0, 0.05) is 12.4 Å². The third-order valence-electron chi connectivity index (χ3n) is 2.40. The van der Waals surface area contributed by atoms with Gasteiger partial charge in [0.1, 0.15) is 11.6 Å². The lowest BCUT2D eigenvalue weighted by Gasteiger charge is -2.11. The molecule has 2 rings (SSSR count). The molecular weight excluding hydrogens is 221 g/mol. The Morgan fingerprint density at radius 1 is 1.47 bits per heavy atom. The molecule has 2 aromatic rings. The number of carbonyl (C=O) groups is 1. The van der Waals surface area contributed by atoms with Gasteiger partial charge in [-0.05, 0) is 19.1 Å². The summed E-state index contributed by atoms with van der Waals surface area (Å²) in [5, 5.41) is 2.67. The number of hydrogen-bond donors (Lipinski definition) is 2. The Balaban J connectivity index is 2.10. The van der Waals surface area contributed by atoms with Gasteiger partial charge in [-0.1, -0.05) is 12.1 Å². The van der Waals surface area contributed by atoms with Crippen molar-refractivity contribution in [2.45, 2.75) is 13.0 Å². The second-order valence-corrected chi connectivity index (χ2v) is 3.65. The highest BCUT2D eigenvalue weighted by molar-refractivity contribution is 5.94. The van der Waals surface area contributed by atoms with Gasteiger partial charge in [-0.2, -0.15) is 0 Å². The molecular formula is C12H12FN3O. The van der Waals surface area contributed by atoms with Crippen LogP contribution in [0, 0.1) is 5.82 Å². The maximum Gasteiger partial charge on any atom is 0.254 e. The van der Waals surface area contributed by atoms with E-state index in [9.17, 15) is 9.18 Å². The number of imidazole rings is 1. The van der Waals surface area contributed by atoms with Gasteiger partial charge in [-0.3, -0.25) is 4.79 Å². The van der Waals surface area contributed by atoms with Crippen LogP contribution < -0.4 is 5.32 Å². The SMILES string of the molecule is CC(NC(=O)c1ccccc1F)c1ncc[nH]1. The fourth-order valence-electron chi connectivity index (χ4n) is 1.50. The van der Waals surface area contributed by atoms with Gasteiger partial charge in [0.25, 0.3) is 5.91 Å². The number of rotatable bonds is 3. The molecule has 0 aliphatic heterocycles. The normalized spacial score (nSPS) is 12.1. The Morgan fingerprint density at radius 3 is 2.88 bits per heavy atom. The summed E-state index contributed by atoms with van der Waals surface area (Å²) in [5.74, 6) is -0.349. The molecule has 1 atom stereocenters. The van der Waals surface area contributed by atoms with Crippen molar-refractivity contribution >= 4 is 5.91 Å². The Kier molecular flexibility index (Phi) is 3.18. The quantitative estimate of drug-likeness (QED) is 0.852. The monoisotopic (exact) mass is 233 g/mol. The van der Waals surface area contributed by atoms with Crippen LogP contribution in [0.4, 0.5) is 4.39 Å². The zero-order valence-corrected chi connectivity index (χ0v) is 9.27. The molecule has 0 bridgehead atoms. The van der Waals surface area contributed by atoms with Gasteiger partial charge in [0.2, 0.25) is 0 Å². The zero-order chi connectivity index (χ0) is 12.3. The molecule has 4 nitrogen and oxygen atoms in total. The third-order valence-corrected chi connectivity index (χ3v) is 2.40. The number of nitrogens with one attached hydrogen (secondary N) is 2. The minimum absolute atomic E-state index is 0.0332. The minimum atomic E-state index is -0.531. The molecule has 1 unspecified atom stereocenters. The van der Waals surface area contributed by atoms with Crippen molar-refractivity contribution in [3.63, 3.8) is 0 Å². The first-order valence-corrected chi connectivity index (χ1v) is 5.23. The first-order chi connectivity index (χ1) is 8.18. The fourth-order valence-corrected chi connectivity index (χ4v) is 1.50. The van der Waals surface area contributed by atoms with Gasteiger partial charge < -0.3 is 10.3 Å². The molecule has 0 saturated carbocycles. The van der Waals surface area contributed by atoms with Gasteiger partial charge >= 0.3 is 0 Å². The molecule has 1 aromatic carbocycles. The van der Waals surface area contributed by atoms with Crippen LogP contribution in [0.25, 0.3) is 0 Å². The highest BCUT2D eigenvalue weighted by atomic mass is 19.1. The summed E-state index contributed by atoms with van der Waals surface area (Å²) in [5.41, 5.74) is 0.0332. The summed E-state index contributed by atoms with van der Waals surface area (Å²) in [4.78, 5) is 18.7. The third kappa shape index (κ3) is 2.50. The molecule has 1 heterocycles. The second kappa shape index (κ2) is 4.78. The van der Waals surface area contributed by atoms with Crippen LogP contribution in [-0.2, 0) is 0 Å². The lowest BCUT2D eigenvalue weighted by Crippen LogP contribution is -2.28. The molecule has 17 heavy (non-hydrogen) atoms. The van der Waals surface area contributed by atoms with Gasteiger partial charge in [-0.15, -0.1) is 0 Å². The number of aromatic amines is 1. The molecule has 0 spiro atoms. The van der Waals surface area contributed by atoms with Crippen LogP contribution in [-0.4, -0.2) is 15.9 Å². The summed E-state index contributed by atoms with van der Waals surface area (Å²) in [6, 6.07) is 5.57. The number of nitrogens with zero attached hydrogens (tertiary/aromatic N) is 1. The maximum absolute atomic E-state index is 13.3. The first-order valence-electron chi connectivity index (χ1n) is 5.23. The zero-order valence-electron chi connectivity index (χ0n) is 9.27. The largest absolute Gasteiger partial charge is 0.347 e. The van der Waals surface area contributed by atoms with Crippen molar-refractivity contribution < 1.29 is 9.18 Å². The molecule has 1 aromatic heterocycles. The lowest BCUT2D eigenvalue weighted by atomic mass is 10.2. The lowest BCUT2D eigenvalue weighted by molar-refractivity contribution is 0.0934. The minimum Gasteiger partial charge on any atom is -0.347 e. The van der Waals surface area contributed by atoms with E-state index in [-0.39, 0.29) is 11.6 Å². The van der Waals surface area contributed by atoms with E-state index >= 15 is 0 Å². The van der Waals surface area contributed by atoms with Crippen molar-refractivity contribution in [3.05, 3.63) is 53.9 Å². The molecule has 0 radical (unpaired) electrons. The van der Waals surface area contributed by atoms with Crippen molar-refractivity contribution in [1.29, 1.82) is 0 Å². The average molecular weight is 233 g/mol. The van der Waals surface area contributed by atoms with E-state index in [1.165, 1.54) is 12.1 Å². The highest BCUT2D eigenvalue weighted by Crippen LogP contribution is 2.10. The number of carbonyl (C=O) groups excluding carboxylic acids is 1. The van der Waals surface area contributed by atoms with Crippen LogP contribution in [0.15, 0.2) is 36.7 Å². The maximum atomic E-state index is 13.3. The van der Waals surface area contributed by atoms with Gasteiger partial charge in [0.15, 0.2) is 0 Å². The predicted molar refractivity (Wildman–Crippen MR) is 60.9 cm³/mol. The van der Waals surface area contributed by atoms with Crippen LogP contribution in [0.2, 0.25) is 0 Å². The van der Waals surface area contributed by atoms with Crippen LogP contribution in [0.5, 0.6) is 0 Å². The first kappa shape index (κ1) is 11.3. The van der Waals surface area contributed by atoms with E-state index in [0.29, 0.717) is 5.82 Å². The molecule has 0 aliphatic rings. The second-order valence-electron chi connectivity index (χ2n) is 3.65. The standard InChI is InChI=1S/C12H12FN3O/c1-8(11-14-6-7-15-11)16-12(17)9-4-2-3-5-10(9)13/h2-8H,1H3,(H,14,15)(H,16,17). The number of H-pyrrole nitrogens is 1. The van der Waals surface area contributed by atoms with E-state index < -0.39 is 11.7 Å². The average Bonchev–Trinajstić information content (AvgIpc) is 2.82. The van der Waals surface area contributed by atoms with Crippen molar-refractivity contribution in [3.8, 4) is 0 Å². The molecule has 0 aliphatic carbocycles. The van der Waals surface area contributed by atoms with E-state index in [1.54, 1.807) is 31.5 Å². The molecule has 5 heteroatoms. The molecule has 88 valence electrons. The topological polar surface area (TPSA) is 57.8 Å². The predicted octanol–water partition coefficient (Wildman–Crippen LogP) is 2.04. The van der Waals surface area contributed by atoms with E-state index in [4.69, 9.17) is 0 Å². The number of hydrogen-bond acceptors (Lipinski definition) is 2. The molecule has 2 N–H and O–H groups in total. The summed E-state index contributed by atoms with van der Waals surface area (Å²) in [6.45, 7) is 1.78. The summed E-state index contributed by atoms with van der Waals surface area (Å²) < 4.78 is 13.3. The van der Waals surface area contributed by atoms with Crippen LogP contribution in [0.3, 0.4) is 0 Å². The van der Waals surface area contributed by atoms with E-state index in [2.05, 4.69) is 15.3 Å². The Morgan fingerprint density at radius 2 is 2.24 bits per heavy atom. The Labute approximate surface area is 97.9 Å². The molecule has 0 fully saturated rings. The molecule has 0 saturated heterocycles. The summed E-state index contributed by atoms with van der Waals surface area (Å²) in [6.07, 6.45) is 3.27. The van der Waals surface area contributed by atoms with E-state index in [0.717, 1.165) is 0 Å². The smallest absolute Gasteiger partial charge is 0.254 e. The number of amides is 1. The van der Waals surface area contributed by atoms with E-state index in [1.807, 2.05) is 0 Å².